The van der Waals surface area contributed by atoms with Gasteiger partial charge >= 0.3 is 0 Å². The lowest BCUT2D eigenvalue weighted by Crippen LogP contribution is -2.38. The van der Waals surface area contributed by atoms with Gasteiger partial charge < -0.3 is 4.74 Å². The van der Waals surface area contributed by atoms with Crippen molar-refractivity contribution in [3.05, 3.63) is 0 Å². The summed E-state index contributed by atoms with van der Waals surface area (Å²) in [6.07, 6.45) is 1.33. The first-order valence-electron chi connectivity index (χ1n) is 5.97. The fourth-order valence-electron chi connectivity index (χ4n) is 1.67. The van der Waals surface area contributed by atoms with E-state index in [2.05, 4.69) is 9.62 Å². The molecule has 0 aromatic heterocycles. The van der Waals surface area contributed by atoms with Gasteiger partial charge in [0, 0.05) is 25.5 Å². The molecule has 1 aliphatic rings. The fourth-order valence-corrected chi connectivity index (χ4v) is 3.09. The van der Waals surface area contributed by atoms with Crippen LogP contribution in [0.1, 0.15) is 12.8 Å². The number of hydrogen-bond acceptors (Lipinski definition) is 4. The Morgan fingerprint density at radius 2 is 1.94 bits per heavy atom. The second-order valence-electron chi connectivity index (χ2n) is 4.06. The summed E-state index contributed by atoms with van der Waals surface area (Å²) in [5, 5.41) is 0. The van der Waals surface area contributed by atoms with Crippen molar-refractivity contribution in [3.63, 3.8) is 0 Å². The summed E-state index contributed by atoms with van der Waals surface area (Å²) in [6.45, 7) is 4.87. The van der Waals surface area contributed by atoms with Crippen LogP contribution in [0.25, 0.3) is 0 Å². The molecule has 0 aromatic carbocycles. The second-order valence-corrected chi connectivity index (χ2v) is 6.37. The van der Waals surface area contributed by atoms with Crippen molar-refractivity contribution in [3.8, 4) is 0 Å². The highest BCUT2D eigenvalue weighted by molar-refractivity contribution is 7.89. The van der Waals surface area contributed by atoms with E-state index in [1.165, 1.54) is 0 Å². The number of rotatable bonds is 8. The van der Waals surface area contributed by atoms with Crippen molar-refractivity contribution >= 4 is 21.6 Å². The minimum absolute atomic E-state index is 0.119. The van der Waals surface area contributed by atoms with Crippen LogP contribution in [0.3, 0.4) is 0 Å². The summed E-state index contributed by atoms with van der Waals surface area (Å²) in [5.74, 6) is 0.503. The maximum absolute atomic E-state index is 11.4. The van der Waals surface area contributed by atoms with E-state index >= 15 is 0 Å². The lowest BCUT2D eigenvalue weighted by atomic mass is 10.3. The normalized spacial score (nSPS) is 18.4. The Morgan fingerprint density at radius 1 is 1.24 bits per heavy atom. The predicted molar refractivity (Wildman–Crippen MR) is 69.0 cm³/mol. The van der Waals surface area contributed by atoms with E-state index in [1.54, 1.807) is 0 Å². The minimum atomic E-state index is -3.12. The van der Waals surface area contributed by atoms with Crippen molar-refractivity contribution in [2.75, 3.05) is 51.0 Å². The molecule has 0 spiro atoms. The van der Waals surface area contributed by atoms with Gasteiger partial charge in [-0.1, -0.05) is 0 Å². The number of hydrogen-bond donors (Lipinski definition) is 1. The minimum Gasteiger partial charge on any atom is -0.379 e. The molecule has 0 bridgehead atoms. The Hall–Kier alpha value is 0.120. The first-order chi connectivity index (χ1) is 8.14. The molecule has 0 atom stereocenters. The molecule has 1 rings (SSSR count). The zero-order valence-corrected chi connectivity index (χ0v) is 11.6. The maximum atomic E-state index is 11.4. The molecule has 1 aliphatic heterocycles. The molecule has 0 aliphatic carbocycles. The molecule has 17 heavy (non-hydrogen) atoms. The van der Waals surface area contributed by atoms with Crippen LogP contribution in [0.5, 0.6) is 0 Å². The van der Waals surface area contributed by atoms with Crippen LogP contribution < -0.4 is 4.72 Å². The molecule has 1 N–H and O–H groups in total. The highest BCUT2D eigenvalue weighted by Gasteiger charge is 2.11. The Morgan fingerprint density at radius 3 is 2.59 bits per heavy atom. The molecule has 0 aromatic rings. The Kier molecular flexibility index (Phi) is 7.38. The van der Waals surface area contributed by atoms with Gasteiger partial charge in [-0.05, 0) is 19.4 Å². The molecule has 102 valence electrons. The summed E-state index contributed by atoms with van der Waals surface area (Å²) in [6, 6.07) is 0. The molecule has 0 radical (unpaired) electrons. The third-order valence-corrected chi connectivity index (χ3v) is 4.36. The predicted octanol–water partition coefficient (Wildman–Crippen LogP) is 0.257. The highest BCUT2D eigenvalue weighted by atomic mass is 35.5. The van der Waals surface area contributed by atoms with Crippen molar-refractivity contribution in [1.82, 2.24) is 9.62 Å². The van der Waals surface area contributed by atoms with E-state index in [-0.39, 0.29) is 5.75 Å². The lowest BCUT2D eigenvalue weighted by Gasteiger charge is -2.26. The van der Waals surface area contributed by atoms with E-state index in [1.807, 2.05) is 0 Å². The number of nitrogens with one attached hydrogen (secondary N) is 1. The van der Waals surface area contributed by atoms with E-state index in [0.717, 1.165) is 39.3 Å². The number of alkyl halides is 1. The Labute approximate surface area is 109 Å². The standard InChI is InChI=1S/C10H21ClN2O3S/c11-3-1-10-17(14,15)12-4-2-5-13-6-8-16-9-7-13/h12H,1-10H2. The first kappa shape index (κ1) is 15.2. The van der Waals surface area contributed by atoms with Gasteiger partial charge in [-0.15, -0.1) is 11.6 Å². The molecule has 7 heteroatoms. The quantitative estimate of drug-likeness (QED) is 0.513. The number of sulfonamides is 1. The van der Waals surface area contributed by atoms with Gasteiger partial charge in [0.1, 0.15) is 0 Å². The lowest BCUT2D eigenvalue weighted by molar-refractivity contribution is 0.0376. The first-order valence-corrected chi connectivity index (χ1v) is 8.16. The van der Waals surface area contributed by atoms with Gasteiger partial charge in [-0.2, -0.15) is 0 Å². The molecule has 5 nitrogen and oxygen atoms in total. The average molecular weight is 285 g/mol. The smallest absolute Gasteiger partial charge is 0.211 e. The van der Waals surface area contributed by atoms with Crippen LogP contribution in [0.2, 0.25) is 0 Å². The van der Waals surface area contributed by atoms with Gasteiger partial charge in [0.05, 0.1) is 19.0 Å². The van der Waals surface area contributed by atoms with Crippen LogP contribution in [0.4, 0.5) is 0 Å². The van der Waals surface area contributed by atoms with Crippen LogP contribution in [0.15, 0.2) is 0 Å². The van der Waals surface area contributed by atoms with Crippen LogP contribution in [0, 0.1) is 0 Å². The monoisotopic (exact) mass is 284 g/mol. The SMILES string of the molecule is O=S(=O)(CCCCl)NCCCN1CCOCC1. The topological polar surface area (TPSA) is 58.6 Å². The fraction of sp³-hybridized carbons (Fsp3) is 1.00. The molecule has 0 amide bonds. The molecule has 0 unspecified atom stereocenters. The zero-order valence-electron chi connectivity index (χ0n) is 10.0. The van der Waals surface area contributed by atoms with Crippen molar-refractivity contribution in [2.45, 2.75) is 12.8 Å². The maximum Gasteiger partial charge on any atom is 0.211 e. The Bertz CT molecular complexity index is 292. The largest absolute Gasteiger partial charge is 0.379 e. The Balaban J connectivity index is 2.06. The molecule has 1 heterocycles. The third kappa shape index (κ3) is 7.21. The van der Waals surface area contributed by atoms with Gasteiger partial charge in [0.15, 0.2) is 0 Å². The highest BCUT2D eigenvalue weighted by Crippen LogP contribution is 1.98. The third-order valence-electron chi connectivity index (χ3n) is 2.62. The van der Waals surface area contributed by atoms with E-state index in [4.69, 9.17) is 16.3 Å². The van der Waals surface area contributed by atoms with Crippen molar-refractivity contribution in [2.24, 2.45) is 0 Å². The van der Waals surface area contributed by atoms with Crippen molar-refractivity contribution in [1.29, 1.82) is 0 Å². The summed E-state index contributed by atoms with van der Waals surface area (Å²) < 4.78 is 30.7. The zero-order chi connectivity index (χ0) is 12.6. The van der Waals surface area contributed by atoms with Gasteiger partial charge in [-0.25, -0.2) is 13.1 Å². The molecule has 1 fully saturated rings. The average Bonchev–Trinajstić information content (AvgIpc) is 2.34. The van der Waals surface area contributed by atoms with E-state index < -0.39 is 10.0 Å². The summed E-state index contributed by atoms with van der Waals surface area (Å²) in [7, 11) is -3.12. The van der Waals surface area contributed by atoms with Crippen LogP contribution in [-0.2, 0) is 14.8 Å². The molecular formula is C10H21ClN2O3S. The number of halogens is 1. The molecule has 1 saturated heterocycles. The summed E-state index contributed by atoms with van der Waals surface area (Å²) in [5.41, 5.74) is 0. The van der Waals surface area contributed by atoms with Crippen LogP contribution in [-0.4, -0.2) is 64.3 Å². The van der Waals surface area contributed by atoms with E-state index in [0.29, 0.717) is 18.8 Å². The molecular weight excluding hydrogens is 264 g/mol. The van der Waals surface area contributed by atoms with Gasteiger partial charge in [-0.3, -0.25) is 4.90 Å². The van der Waals surface area contributed by atoms with Gasteiger partial charge in [0.25, 0.3) is 0 Å². The van der Waals surface area contributed by atoms with Crippen LogP contribution >= 0.6 is 11.6 Å². The summed E-state index contributed by atoms with van der Waals surface area (Å²) >= 11 is 5.46. The number of nitrogens with zero attached hydrogens (tertiary/aromatic N) is 1. The summed E-state index contributed by atoms with van der Waals surface area (Å²) in [4.78, 5) is 2.29. The number of morpholine rings is 1. The van der Waals surface area contributed by atoms with E-state index in [9.17, 15) is 8.42 Å². The number of ether oxygens (including phenoxy) is 1. The molecule has 0 saturated carbocycles. The van der Waals surface area contributed by atoms with Gasteiger partial charge in [0.2, 0.25) is 10.0 Å². The second kappa shape index (κ2) is 8.26. The van der Waals surface area contributed by atoms with Crippen molar-refractivity contribution < 1.29 is 13.2 Å².